The molecule has 2 nitrogen and oxygen atoms in total. The molecule has 1 aliphatic carbocycles. The second-order valence-electron chi connectivity index (χ2n) is 11.0. The van der Waals surface area contributed by atoms with E-state index in [1.807, 2.05) is 24.7 Å². The molecule has 1 aromatic heterocycles. The first-order chi connectivity index (χ1) is 20.7. The smallest absolute Gasteiger partial charge is 0.212 e. The van der Waals surface area contributed by atoms with Crippen LogP contribution in [-0.2, 0) is 5.16 Å². The maximum Gasteiger partial charge on any atom is 0.212 e. The van der Waals surface area contributed by atoms with E-state index < -0.39 is 9.52 Å². The van der Waals surface area contributed by atoms with Crippen LogP contribution >= 0.6 is 11.6 Å². The number of rotatable bonds is 8. The number of nitrogens with zero attached hydrogens (tertiary/aromatic N) is 2. The molecule has 0 amide bonds. The standard InChI is InChI=1S/C22H19ClN2Si.C15H15B/c23-20-11-13-21(14-12-20)26-22(25-16-15-24-17-25,18-7-3-1-4-8-18)19-9-5-2-6-10-19;1-3-7-13(8-4-1)16(15-11-12-15)14-9-5-2-6-10-14/h1-17H,26H2;1-10,15H,11-12H2. The van der Waals surface area contributed by atoms with Crippen LogP contribution in [0.15, 0.2) is 164 Å². The van der Waals surface area contributed by atoms with E-state index in [9.17, 15) is 0 Å². The molecular weight excluding hydrogens is 547 g/mol. The summed E-state index contributed by atoms with van der Waals surface area (Å²) < 4.78 is 2.26. The van der Waals surface area contributed by atoms with Gasteiger partial charge in [-0.05, 0) is 23.3 Å². The van der Waals surface area contributed by atoms with Crippen molar-refractivity contribution in [1.29, 1.82) is 0 Å². The molecule has 0 N–H and O–H groups in total. The van der Waals surface area contributed by atoms with E-state index in [2.05, 4.69) is 149 Å². The van der Waals surface area contributed by atoms with Crippen molar-refractivity contribution in [2.24, 2.45) is 0 Å². The predicted octanol–water partition coefficient (Wildman–Crippen LogP) is 6.24. The Morgan fingerprint density at radius 3 is 1.55 bits per heavy atom. The molecule has 1 saturated carbocycles. The van der Waals surface area contributed by atoms with Gasteiger partial charge in [-0.25, -0.2) is 4.98 Å². The maximum absolute atomic E-state index is 6.12. The van der Waals surface area contributed by atoms with Gasteiger partial charge in [0, 0.05) is 17.4 Å². The zero-order valence-electron chi connectivity index (χ0n) is 23.6. The molecule has 5 heteroatoms. The van der Waals surface area contributed by atoms with Gasteiger partial charge in [-0.3, -0.25) is 0 Å². The zero-order chi connectivity index (χ0) is 28.6. The molecule has 206 valence electrons. The van der Waals surface area contributed by atoms with Crippen LogP contribution in [-0.4, -0.2) is 25.8 Å². The Hall–Kier alpha value is -4.12. The molecule has 0 atom stereocenters. The fourth-order valence-electron chi connectivity index (χ4n) is 6.06. The van der Waals surface area contributed by atoms with Gasteiger partial charge >= 0.3 is 0 Å². The van der Waals surface area contributed by atoms with E-state index in [-0.39, 0.29) is 5.16 Å². The highest BCUT2D eigenvalue weighted by molar-refractivity contribution is 6.86. The highest BCUT2D eigenvalue weighted by Crippen LogP contribution is 2.38. The van der Waals surface area contributed by atoms with Crippen molar-refractivity contribution >= 4 is 43.9 Å². The SMILES string of the molecule is Clc1ccc([SiH2]C(c2ccccc2)(c2ccccc2)n2ccnc2)cc1.c1ccc(B(c2ccccc2)C2CC2)cc1. The van der Waals surface area contributed by atoms with Gasteiger partial charge in [0.05, 0.1) is 21.0 Å². The summed E-state index contributed by atoms with van der Waals surface area (Å²) in [5.74, 6) is 0.866. The number of aromatic nitrogens is 2. The van der Waals surface area contributed by atoms with Gasteiger partial charge in [-0.1, -0.05) is 180 Å². The summed E-state index contributed by atoms with van der Waals surface area (Å²) in [4.78, 5) is 4.36. The van der Waals surface area contributed by atoms with Crippen molar-refractivity contribution in [3.8, 4) is 0 Å². The molecule has 7 rings (SSSR count). The lowest BCUT2D eigenvalue weighted by atomic mass is 9.37. The van der Waals surface area contributed by atoms with Crippen molar-refractivity contribution in [2.45, 2.75) is 23.8 Å². The number of imidazole rings is 1. The first kappa shape index (κ1) is 28.0. The van der Waals surface area contributed by atoms with Crippen LogP contribution in [0.3, 0.4) is 0 Å². The van der Waals surface area contributed by atoms with Crippen LogP contribution < -0.4 is 16.1 Å². The van der Waals surface area contributed by atoms with Crippen molar-refractivity contribution < 1.29 is 0 Å². The molecule has 0 unspecified atom stereocenters. The molecule has 42 heavy (non-hydrogen) atoms. The highest BCUT2D eigenvalue weighted by Gasteiger charge is 2.37. The van der Waals surface area contributed by atoms with Crippen LogP contribution in [0.2, 0.25) is 10.8 Å². The molecule has 1 fully saturated rings. The lowest BCUT2D eigenvalue weighted by Crippen LogP contribution is -2.46. The average Bonchev–Trinajstić information content (AvgIpc) is 3.73. The first-order valence-corrected chi connectivity index (χ1v) is 16.5. The Bertz CT molecular complexity index is 1560. The van der Waals surface area contributed by atoms with Gasteiger partial charge in [-0.15, -0.1) is 0 Å². The molecule has 6 aromatic rings. The normalized spacial score (nSPS) is 13.0. The Labute approximate surface area is 257 Å². The third-order valence-electron chi connectivity index (χ3n) is 8.23. The second-order valence-corrected chi connectivity index (χ2v) is 13.6. The van der Waals surface area contributed by atoms with Crippen LogP contribution in [0.25, 0.3) is 0 Å². The van der Waals surface area contributed by atoms with E-state index in [1.54, 1.807) is 0 Å². The third kappa shape index (κ3) is 6.36. The van der Waals surface area contributed by atoms with Gasteiger partial charge in [0.15, 0.2) is 0 Å². The van der Waals surface area contributed by atoms with Gasteiger partial charge in [-0.2, -0.15) is 0 Å². The summed E-state index contributed by atoms with van der Waals surface area (Å²) in [6, 6.07) is 51.6. The average molecular weight is 581 g/mol. The van der Waals surface area contributed by atoms with Crippen molar-refractivity contribution in [3.63, 3.8) is 0 Å². The van der Waals surface area contributed by atoms with E-state index in [1.165, 1.54) is 40.1 Å². The number of hydrogen-bond donors (Lipinski definition) is 0. The minimum Gasteiger partial charge on any atom is -0.326 e. The summed E-state index contributed by atoms with van der Waals surface area (Å²) in [5, 5.41) is 1.89. The number of hydrogen-bond acceptors (Lipinski definition) is 1. The van der Waals surface area contributed by atoms with Crippen LogP contribution in [0.4, 0.5) is 0 Å². The number of halogens is 1. The highest BCUT2D eigenvalue weighted by atomic mass is 35.5. The second kappa shape index (κ2) is 13.2. The molecule has 1 aliphatic rings. The fraction of sp³-hybridized carbons (Fsp3) is 0.108. The lowest BCUT2D eigenvalue weighted by Gasteiger charge is -2.37. The van der Waals surface area contributed by atoms with Crippen LogP contribution in [0.5, 0.6) is 0 Å². The van der Waals surface area contributed by atoms with Gasteiger partial charge in [0.25, 0.3) is 0 Å². The van der Waals surface area contributed by atoms with Crippen molar-refractivity contribution in [1.82, 2.24) is 9.55 Å². The maximum atomic E-state index is 6.12. The minimum atomic E-state index is -0.821. The molecule has 0 bridgehead atoms. The van der Waals surface area contributed by atoms with E-state index in [0.717, 1.165) is 10.8 Å². The molecule has 0 aliphatic heterocycles. The minimum absolute atomic E-state index is 0.243. The lowest BCUT2D eigenvalue weighted by molar-refractivity contribution is 0.596. The Kier molecular flexibility index (Phi) is 8.84. The Morgan fingerprint density at radius 1 is 0.643 bits per heavy atom. The summed E-state index contributed by atoms with van der Waals surface area (Å²) in [5.41, 5.74) is 5.50. The van der Waals surface area contributed by atoms with Crippen molar-refractivity contribution in [2.75, 3.05) is 0 Å². The summed E-state index contributed by atoms with van der Waals surface area (Å²) >= 11 is 6.12. The molecule has 0 radical (unpaired) electrons. The quantitative estimate of drug-likeness (QED) is 0.195. The monoisotopic (exact) mass is 580 g/mol. The Morgan fingerprint density at radius 2 is 1.12 bits per heavy atom. The summed E-state index contributed by atoms with van der Waals surface area (Å²) in [7, 11) is -0.821. The first-order valence-electron chi connectivity index (χ1n) is 14.7. The molecular formula is C37H34BClN2Si. The molecule has 1 heterocycles. The largest absolute Gasteiger partial charge is 0.326 e. The molecule has 5 aromatic carbocycles. The van der Waals surface area contributed by atoms with E-state index in [4.69, 9.17) is 11.6 Å². The van der Waals surface area contributed by atoms with E-state index >= 15 is 0 Å². The van der Waals surface area contributed by atoms with Crippen molar-refractivity contribution in [3.05, 3.63) is 180 Å². The predicted molar refractivity (Wildman–Crippen MR) is 182 cm³/mol. The molecule has 0 spiro atoms. The van der Waals surface area contributed by atoms with Crippen LogP contribution in [0.1, 0.15) is 24.0 Å². The van der Waals surface area contributed by atoms with Gasteiger partial charge < -0.3 is 4.57 Å². The number of benzene rings is 5. The topological polar surface area (TPSA) is 17.8 Å². The zero-order valence-corrected chi connectivity index (χ0v) is 25.8. The fourth-order valence-corrected chi connectivity index (χ4v) is 8.50. The van der Waals surface area contributed by atoms with Crippen LogP contribution in [0, 0.1) is 0 Å². The summed E-state index contributed by atoms with van der Waals surface area (Å²) in [6.07, 6.45) is 8.63. The van der Waals surface area contributed by atoms with Gasteiger partial charge in [0.1, 0.15) is 0 Å². The van der Waals surface area contributed by atoms with Gasteiger partial charge in [0.2, 0.25) is 6.71 Å². The third-order valence-corrected chi connectivity index (χ3v) is 11.1. The Balaban J connectivity index is 0.000000168. The molecule has 0 saturated heterocycles. The van der Waals surface area contributed by atoms with E-state index in [0.29, 0.717) is 6.71 Å². The summed E-state index contributed by atoms with van der Waals surface area (Å²) in [6.45, 7) is 0.613.